The topological polar surface area (TPSA) is 72.5 Å². The van der Waals surface area contributed by atoms with Gasteiger partial charge >= 0.3 is 0 Å². The lowest BCUT2D eigenvalue weighted by molar-refractivity contribution is -0.116. The average Bonchev–Trinajstić information content (AvgIpc) is 2.47. The number of halogens is 1. The summed E-state index contributed by atoms with van der Waals surface area (Å²) in [5, 5.41) is 2.37. The van der Waals surface area contributed by atoms with Gasteiger partial charge in [0.1, 0.15) is 11.6 Å². The highest BCUT2D eigenvalue weighted by Crippen LogP contribution is 2.20. The zero-order valence-electron chi connectivity index (χ0n) is 14.3. The van der Waals surface area contributed by atoms with Gasteiger partial charge in [0.05, 0.1) is 23.6 Å². The Labute approximate surface area is 146 Å². The van der Waals surface area contributed by atoms with Crippen molar-refractivity contribution in [2.24, 2.45) is 0 Å². The lowest BCUT2D eigenvalue weighted by Crippen LogP contribution is -2.16. The van der Waals surface area contributed by atoms with E-state index in [-0.39, 0.29) is 23.6 Å². The molecule has 1 N–H and O–H groups in total. The minimum absolute atomic E-state index is 0.00946. The van der Waals surface area contributed by atoms with Crippen molar-refractivity contribution in [3.05, 3.63) is 53.3 Å². The SMILES string of the molecule is Cc1cc(C)cc(OCCC(=O)Nc2cc(S(C)(=O)=O)ccc2F)c1. The molecule has 0 saturated carbocycles. The summed E-state index contributed by atoms with van der Waals surface area (Å²) in [6.45, 7) is 4.02. The van der Waals surface area contributed by atoms with E-state index in [0.29, 0.717) is 5.75 Å². The van der Waals surface area contributed by atoms with Gasteiger partial charge in [0.25, 0.3) is 0 Å². The molecule has 0 fully saturated rings. The van der Waals surface area contributed by atoms with Crippen LogP contribution in [0.15, 0.2) is 41.3 Å². The molecule has 0 radical (unpaired) electrons. The Morgan fingerprint density at radius 1 is 1.12 bits per heavy atom. The van der Waals surface area contributed by atoms with Gasteiger partial charge in [-0.15, -0.1) is 0 Å². The number of ether oxygens (including phenoxy) is 1. The number of sulfone groups is 1. The van der Waals surface area contributed by atoms with Crippen LogP contribution in [0.3, 0.4) is 0 Å². The summed E-state index contributed by atoms with van der Waals surface area (Å²) in [4.78, 5) is 11.9. The predicted molar refractivity (Wildman–Crippen MR) is 94.2 cm³/mol. The summed E-state index contributed by atoms with van der Waals surface area (Å²) >= 11 is 0. The highest BCUT2D eigenvalue weighted by atomic mass is 32.2. The van der Waals surface area contributed by atoms with Gasteiger partial charge in [0, 0.05) is 6.26 Å². The van der Waals surface area contributed by atoms with Gasteiger partial charge in [0.2, 0.25) is 5.91 Å². The number of amides is 1. The standard InChI is InChI=1S/C18H20FNO4S/c1-12-8-13(2)10-14(9-12)24-7-6-18(21)20-17-11-15(25(3,22)23)4-5-16(17)19/h4-5,8-11H,6-7H2,1-3H3,(H,20,21). The molecule has 0 bridgehead atoms. The van der Waals surface area contributed by atoms with Crippen LogP contribution in [0.25, 0.3) is 0 Å². The van der Waals surface area contributed by atoms with Gasteiger partial charge in [-0.3, -0.25) is 4.79 Å². The third kappa shape index (κ3) is 5.56. The summed E-state index contributed by atoms with van der Waals surface area (Å²) < 4.78 is 42.3. The molecule has 0 aliphatic rings. The maximum absolute atomic E-state index is 13.8. The van der Waals surface area contributed by atoms with Gasteiger partial charge < -0.3 is 10.1 Å². The van der Waals surface area contributed by atoms with Crippen LogP contribution in [0.4, 0.5) is 10.1 Å². The normalized spacial score (nSPS) is 11.2. The zero-order chi connectivity index (χ0) is 18.6. The van der Waals surface area contributed by atoms with Crippen LogP contribution in [-0.4, -0.2) is 27.2 Å². The van der Waals surface area contributed by atoms with Crippen molar-refractivity contribution in [3.63, 3.8) is 0 Å². The van der Waals surface area contributed by atoms with Crippen LogP contribution in [0.2, 0.25) is 0 Å². The second-order valence-corrected chi connectivity index (χ2v) is 7.90. The van der Waals surface area contributed by atoms with Crippen LogP contribution in [0.5, 0.6) is 5.75 Å². The van der Waals surface area contributed by atoms with E-state index in [4.69, 9.17) is 4.74 Å². The Morgan fingerprint density at radius 3 is 2.36 bits per heavy atom. The van der Waals surface area contributed by atoms with Crippen molar-refractivity contribution >= 4 is 21.4 Å². The van der Waals surface area contributed by atoms with Crippen LogP contribution in [0.1, 0.15) is 17.5 Å². The highest BCUT2D eigenvalue weighted by Gasteiger charge is 2.13. The molecular weight excluding hydrogens is 345 g/mol. The monoisotopic (exact) mass is 365 g/mol. The van der Waals surface area contributed by atoms with Crippen molar-refractivity contribution in [1.29, 1.82) is 0 Å². The lowest BCUT2D eigenvalue weighted by atomic mass is 10.1. The quantitative estimate of drug-likeness (QED) is 0.798. The van der Waals surface area contributed by atoms with Crippen molar-refractivity contribution in [3.8, 4) is 5.75 Å². The molecule has 0 aliphatic heterocycles. The van der Waals surface area contributed by atoms with Crippen LogP contribution in [-0.2, 0) is 14.6 Å². The second kappa shape index (κ2) is 7.65. The van der Waals surface area contributed by atoms with Crippen LogP contribution < -0.4 is 10.1 Å². The zero-order valence-corrected chi connectivity index (χ0v) is 15.1. The molecule has 0 saturated heterocycles. The number of rotatable bonds is 6. The average molecular weight is 365 g/mol. The third-order valence-electron chi connectivity index (χ3n) is 3.43. The Balaban J connectivity index is 1.96. The predicted octanol–water partition coefficient (Wildman–Crippen LogP) is 3.25. The van der Waals surface area contributed by atoms with Crippen molar-refractivity contribution in [2.45, 2.75) is 25.2 Å². The van der Waals surface area contributed by atoms with Gasteiger partial charge in [-0.2, -0.15) is 0 Å². The molecule has 0 spiro atoms. The molecule has 134 valence electrons. The summed E-state index contributed by atoms with van der Waals surface area (Å²) in [5.74, 6) is -0.500. The van der Waals surface area contributed by atoms with E-state index in [1.807, 2.05) is 32.0 Å². The van der Waals surface area contributed by atoms with Crippen molar-refractivity contribution in [1.82, 2.24) is 0 Å². The van der Waals surface area contributed by atoms with Gasteiger partial charge in [-0.05, 0) is 55.3 Å². The molecule has 0 unspecified atom stereocenters. The lowest BCUT2D eigenvalue weighted by Gasteiger charge is -2.10. The Morgan fingerprint density at radius 2 is 1.76 bits per heavy atom. The summed E-state index contributed by atoms with van der Waals surface area (Å²) in [5.41, 5.74) is 1.94. The summed E-state index contributed by atoms with van der Waals surface area (Å²) in [6.07, 6.45) is 1.03. The van der Waals surface area contributed by atoms with E-state index in [1.54, 1.807) is 0 Å². The number of nitrogens with one attached hydrogen (secondary N) is 1. The Bertz CT molecular complexity index is 874. The first-order valence-corrected chi connectivity index (χ1v) is 9.55. The summed E-state index contributed by atoms with van der Waals surface area (Å²) in [7, 11) is -3.48. The molecule has 2 aromatic carbocycles. The van der Waals surface area contributed by atoms with Crippen molar-refractivity contribution < 1.29 is 22.3 Å². The molecule has 2 rings (SSSR count). The molecule has 0 aliphatic carbocycles. The van der Waals surface area contributed by atoms with E-state index in [2.05, 4.69) is 5.32 Å². The molecule has 0 atom stereocenters. The van der Waals surface area contributed by atoms with E-state index in [9.17, 15) is 17.6 Å². The number of carbonyl (C=O) groups excluding carboxylic acids is 1. The fourth-order valence-corrected chi connectivity index (χ4v) is 2.97. The van der Waals surface area contributed by atoms with Crippen molar-refractivity contribution in [2.75, 3.05) is 18.2 Å². The van der Waals surface area contributed by atoms with Crippen LogP contribution in [0, 0.1) is 19.7 Å². The van der Waals surface area contributed by atoms with Gasteiger partial charge in [0.15, 0.2) is 9.84 Å². The van der Waals surface area contributed by atoms with Gasteiger partial charge in [-0.1, -0.05) is 6.07 Å². The largest absolute Gasteiger partial charge is 0.493 e. The van der Waals surface area contributed by atoms with E-state index < -0.39 is 21.6 Å². The molecule has 0 heterocycles. The third-order valence-corrected chi connectivity index (χ3v) is 4.54. The van der Waals surface area contributed by atoms with E-state index >= 15 is 0 Å². The maximum atomic E-state index is 13.8. The molecule has 5 nitrogen and oxygen atoms in total. The van der Waals surface area contributed by atoms with E-state index in [0.717, 1.165) is 35.6 Å². The Hall–Kier alpha value is -2.41. The number of hydrogen-bond donors (Lipinski definition) is 1. The number of benzene rings is 2. The molecular formula is C18H20FNO4S. The van der Waals surface area contributed by atoms with Crippen LogP contribution >= 0.6 is 0 Å². The Kier molecular flexibility index (Phi) is 5.79. The molecule has 7 heteroatoms. The first-order valence-electron chi connectivity index (χ1n) is 7.66. The smallest absolute Gasteiger partial charge is 0.227 e. The molecule has 0 aromatic heterocycles. The minimum Gasteiger partial charge on any atom is -0.493 e. The minimum atomic E-state index is -3.48. The summed E-state index contributed by atoms with van der Waals surface area (Å²) in [6, 6.07) is 9.01. The maximum Gasteiger partial charge on any atom is 0.227 e. The fraction of sp³-hybridized carbons (Fsp3) is 0.278. The molecule has 2 aromatic rings. The number of anilines is 1. The highest BCUT2D eigenvalue weighted by molar-refractivity contribution is 7.90. The van der Waals surface area contributed by atoms with E-state index in [1.165, 1.54) is 0 Å². The second-order valence-electron chi connectivity index (χ2n) is 5.88. The molecule has 1 amide bonds. The number of aryl methyl sites for hydroxylation is 2. The number of carbonyl (C=O) groups is 1. The number of hydrogen-bond acceptors (Lipinski definition) is 4. The van der Waals surface area contributed by atoms with Gasteiger partial charge in [-0.25, -0.2) is 12.8 Å². The molecule has 25 heavy (non-hydrogen) atoms. The fourth-order valence-electron chi connectivity index (χ4n) is 2.32. The first kappa shape index (κ1) is 18.9. The first-order chi connectivity index (χ1) is 11.6.